The van der Waals surface area contributed by atoms with Crippen LogP contribution >= 0.6 is 11.8 Å². The number of anilines is 12. The highest BCUT2D eigenvalue weighted by molar-refractivity contribution is 7.98. The normalized spacial score (nSPS) is 14.7. The van der Waals surface area contributed by atoms with Crippen molar-refractivity contribution in [1.29, 1.82) is 0 Å². The number of thioether (sulfide) groups is 1. The molecule has 14 heterocycles. The van der Waals surface area contributed by atoms with Crippen LogP contribution in [0.2, 0.25) is 0 Å². The molecule has 10 aliphatic heterocycles. The van der Waals surface area contributed by atoms with Crippen molar-refractivity contribution in [3.8, 4) is 55.6 Å². The Labute approximate surface area is 615 Å². The Balaban J connectivity index is 0.748. The van der Waals surface area contributed by atoms with Crippen LogP contribution in [-0.4, -0.2) is 51.6 Å². The van der Waals surface area contributed by atoms with E-state index in [1.807, 2.05) is 11.8 Å². The van der Waals surface area contributed by atoms with Crippen molar-refractivity contribution in [2.45, 2.75) is 31.1 Å². The van der Waals surface area contributed by atoms with Gasteiger partial charge in [-0.25, -0.2) is 0 Å². The number of aromatic nitrogens is 4. The van der Waals surface area contributed by atoms with Crippen LogP contribution in [0.1, 0.15) is 25.3 Å². The average Bonchev–Trinajstić information content (AvgIpc) is 1.36. The molecule has 0 atom stereocenters. The minimum absolute atomic E-state index is 0.0310. The molecule has 0 saturated carbocycles. The second kappa shape index (κ2) is 18.7. The molecule has 4 aromatic heterocycles. The van der Waals surface area contributed by atoms with E-state index in [2.05, 4.69) is 318 Å². The number of hydrogen-bond donors (Lipinski definition) is 0. The zero-order valence-corrected chi connectivity index (χ0v) is 58.6. The number of rotatable bonds is 9. The van der Waals surface area contributed by atoms with Gasteiger partial charge in [-0.15, -0.1) is 11.8 Å². The van der Waals surface area contributed by atoms with Gasteiger partial charge in [-0.05, 0) is 240 Å². The summed E-state index contributed by atoms with van der Waals surface area (Å²) in [7, 11) is 0. The fraction of sp³-hybridized carbons (Fsp3) is 0.0538. The predicted molar refractivity (Wildman–Crippen MR) is 449 cm³/mol. The van der Waals surface area contributed by atoms with Crippen molar-refractivity contribution in [2.75, 3.05) is 25.9 Å². The van der Waals surface area contributed by atoms with Gasteiger partial charge < -0.3 is 37.5 Å². The highest BCUT2D eigenvalue weighted by Crippen LogP contribution is 2.59. The van der Waals surface area contributed by atoms with Crippen LogP contribution in [0.3, 0.4) is 0 Å². The van der Waals surface area contributed by atoms with E-state index in [0.29, 0.717) is 0 Å². The van der Waals surface area contributed by atoms with Gasteiger partial charge in [0, 0.05) is 150 Å². The molecule has 486 valence electrons. The second-order valence-electron chi connectivity index (χ2n) is 31.1. The van der Waals surface area contributed by atoms with Crippen LogP contribution in [0.15, 0.2) is 272 Å². The van der Waals surface area contributed by atoms with Crippen molar-refractivity contribution < 1.29 is 0 Å². The minimum atomic E-state index is -0.163. The summed E-state index contributed by atoms with van der Waals surface area (Å²) in [5.74, 6) is 0. The maximum atomic E-state index is 2.83. The SMILES string of the molecule is CCCCc1ccc2c(c1)N(c1ccccc1)c1cc3c4c5c1B2n1ccc2cc6c7cccc8c7n(c6c-5c21)B4c1c-8cc(-c2cc4c(cc2SC)N(c2ccccc2)c2cc5c6c7c2B4n2ccc4cc8c9cccc%10c9n(c8c-7c42)B6c2c-%10cccc2N5c2ccccc2)cc1N3c1ccccc1. The van der Waals surface area contributed by atoms with Gasteiger partial charge in [0.05, 0.1) is 0 Å². The lowest BCUT2D eigenvalue weighted by atomic mass is 9.38. The van der Waals surface area contributed by atoms with E-state index in [9.17, 15) is 0 Å². The van der Waals surface area contributed by atoms with Crippen molar-refractivity contribution in [2.24, 2.45) is 0 Å². The average molecular weight is 1360 g/mol. The number of para-hydroxylation sites is 6. The van der Waals surface area contributed by atoms with E-state index in [1.165, 1.54) is 226 Å². The first-order chi connectivity index (χ1) is 52.6. The topological polar surface area (TPSA) is 32.7 Å². The van der Waals surface area contributed by atoms with Gasteiger partial charge in [0.15, 0.2) is 0 Å². The minimum Gasteiger partial charge on any atom is -0.382 e. The largest absolute Gasteiger partial charge is 0.382 e. The highest BCUT2D eigenvalue weighted by Gasteiger charge is 2.56. The Kier molecular flexibility index (Phi) is 9.75. The lowest BCUT2D eigenvalue weighted by Crippen LogP contribution is -2.64. The molecule has 0 unspecified atom stereocenters. The lowest BCUT2D eigenvalue weighted by molar-refractivity contribution is 0.795. The number of aryl methyl sites for hydroxylation is 1. The van der Waals surface area contributed by atoms with Gasteiger partial charge in [0.1, 0.15) is 0 Å². The number of hydrogen-bond acceptors (Lipinski definition) is 5. The number of fused-ring (bicyclic) bond motifs is 10. The molecule has 10 aliphatic rings. The third-order valence-electron chi connectivity index (χ3n) is 26.5. The van der Waals surface area contributed by atoms with Crippen LogP contribution in [-0.2, 0) is 6.42 Å². The molecule has 0 amide bonds. The lowest BCUT2D eigenvalue weighted by Gasteiger charge is -2.48. The highest BCUT2D eigenvalue weighted by atomic mass is 32.2. The molecule has 13 heteroatoms. The summed E-state index contributed by atoms with van der Waals surface area (Å²) in [6.45, 7) is 1.99. The third kappa shape index (κ3) is 6.11. The van der Waals surface area contributed by atoms with E-state index in [0.717, 1.165) is 36.3 Å². The van der Waals surface area contributed by atoms with Gasteiger partial charge in [-0.2, -0.15) is 0 Å². The molecule has 8 nitrogen and oxygen atoms in total. The van der Waals surface area contributed by atoms with Gasteiger partial charge >= 0.3 is 27.4 Å². The number of benzene rings is 14. The Morgan fingerprint density at radius 1 is 0.311 bits per heavy atom. The van der Waals surface area contributed by atoms with E-state index in [-0.39, 0.29) is 27.4 Å². The summed E-state index contributed by atoms with van der Waals surface area (Å²) in [6.07, 6.45) is 10.5. The molecule has 0 saturated heterocycles. The maximum Gasteiger partial charge on any atom is 0.333 e. The molecular weight excluding hydrogens is 1300 g/mol. The molecule has 106 heavy (non-hydrogen) atoms. The molecule has 0 aliphatic carbocycles. The van der Waals surface area contributed by atoms with Gasteiger partial charge in [-0.3, -0.25) is 0 Å². The van der Waals surface area contributed by atoms with Crippen molar-refractivity contribution in [1.82, 2.24) is 17.9 Å². The molecule has 18 aromatic rings. The molecule has 0 bridgehead atoms. The summed E-state index contributed by atoms with van der Waals surface area (Å²) < 4.78 is 11.0. The van der Waals surface area contributed by atoms with Crippen molar-refractivity contribution in [3.63, 3.8) is 0 Å². The van der Waals surface area contributed by atoms with Gasteiger partial charge in [-0.1, -0.05) is 153 Å². The smallest absolute Gasteiger partial charge is 0.333 e. The Bertz CT molecular complexity index is 7300. The first-order valence-electron chi connectivity index (χ1n) is 37.8. The summed E-state index contributed by atoms with van der Waals surface area (Å²) in [5, 5.41) is 7.90. The predicted octanol–water partition coefficient (Wildman–Crippen LogP) is 17.8. The fourth-order valence-electron chi connectivity index (χ4n) is 22.8. The maximum absolute atomic E-state index is 2.83. The molecule has 14 aromatic carbocycles. The van der Waals surface area contributed by atoms with Crippen molar-refractivity contribution >= 4 is 217 Å². The molecule has 0 radical (unpaired) electrons. The Hall–Kier alpha value is -12.4. The molecule has 0 spiro atoms. The second-order valence-corrected chi connectivity index (χ2v) is 31.9. The zero-order valence-electron chi connectivity index (χ0n) is 57.8. The van der Waals surface area contributed by atoms with Crippen molar-refractivity contribution in [3.05, 3.63) is 273 Å². The van der Waals surface area contributed by atoms with E-state index in [1.54, 1.807) is 0 Å². The van der Waals surface area contributed by atoms with Crippen LogP contribution in [0.25, 0.3) is 121 Å². The van der Waals surface area contributed by atoms with Crippen LogP contribution < -0.4 is 63.3 Å². The van der Waals surface area contributed by atoms with Crippen LogP contribution in [0.4, 0.5) is 68.2 Å². The summed E-state index contributed by atoms with van der Waals surface area (Å²) in [6, 6.07) is 99.7. The van der Waals surface area contributed by atoms with Gasteiger partial charge in [0.25, 0.3) is 0 Å². The van der Waals surface area contributed by atoms with Gasteiger partial charge in [0.2, 0.25) is 0 Å². The third-order valence-corrected chi connectivity index (χ3v) is 27.3. The standard InChI is InChI=1S/C93H56B4N8S/c1-3-4-20-50-35-36-67-70(41-50)101(55-23-11-6-12-24-55)73-48-76-87-78-80-88-51(37-39-98(88)94(67)84(73)78)42-66-62-33-18-31-60-64-44-53(45-72(103(76)57-27-15-8-16-28-57)83(64)97(87)105(91(60)62)93(66)80)63-46-68-71(49-77(63)106-2)102(56-25-13-7-14-26-56)74-47-75-86-79-81-89-52(38-40-99(89)95(68)85(74)79)43-65-61-32-17-30-59-58-29-19-34-69(100(75)54-21-9-5-10-22-54)82(58)96(86)104(90(59)61)92(65)81/h5-19,21-49H,3-4,20H2,1-2H3. The fourth-order valence-corrected chi connectivity index (χ4v) is 23.4. The Morgan fingerprint density at radius 3 is 1.33 bits per heavy atom. The first-order valence-corrected chi connectivity index (χ1v) is 39.0. The zero-order chi connectivity index (χ0) is 68.3. The molecule has 0 fully saturated rings. The molecular formula is C93H56B4N8S. The quantitative estimate of drug-likeness (QED) is 0.106. The van der Waals surface area contributed by atoms with E-state index < -0.39 is 0 Å². The number of nitrogens with zero attached hydrogens (tertiary/aromatic N) is 8. The summed E-state index contributed by atoms with van der Waals surface area (Å²) in [5.41, 5.74) is 48.2. The van der Waals surface area contributed by atoms with E-state index >= 15 is 0 Å². The molecule has 0 N–H and O–H groups in total. The molecule has 28 rings (SSSR count). The van der Waals surface area contributed by atoms with Crippen LogP contribution in [0.5, 0.6) is 0 Å². The summed E-state index contributed by atoms with van der Waals surface area (Å²) in [4.78, 5) is 11.8. The Morgan fingerprint density at radius 2 is 0.783 bits per heavy atom. The van der Waals surface area contributed by atoms with E-state index in [4.69, 9.17) is 0 Å². The first kappa shape index (κ1) is 55.2. The monoisotopic (exact) mass is 1360 g/mol. The number of unbranched alkanes of at least 4 members (excludes halogenated alkanes) is 1. The summed E-state index contributed by atoms with van der Waals surface area (Å²) >= 11 is 1.87. The van der Waals surface area contributed by atoms with Crippen LogP contribution in [0, 0.1) is 0 Å².